The Bertz CT molecular complexity index is 578. The molecule has 0 saturated heterocycles. The summed E-state index contributed by atoms with van der Waals surface area (Å²) in [6, 6.07) is 7.91. The lowest BCUT2D eigenvalue weighted by Crippen LogP contribution is -1.95. The first-order valence-corrected chi connectivity index (χ1v) is 6.43. The summed E-state index contributed by atoms with van der Waals surface area (Å²) in [5.74, 6) is 0.481. The van der Waals surface area contributed by atoms with Crippen LogP contribution < -0.4 is 0 Å². The number of phenols is 3. The van der Waals surface area contributed by atoms with Crippen molar-refractivity contribution >= 4 is 0 Å². The molecular formula is C16H18O3. The minimum Gasteiger partial charge on any atom is -0.508 e. The monoisotopic (exact) mass is 258 g/mol. The fourth-order valence-electron chi connectivity index (χ4n) is 2.38. The Morgan fingerprint density at radius 1 is 0.789 bits per heavy atom. The van der Waals surface area contributed by atoms with Gasteiger partial charge in [0.1, 0.15) is 17.2 Å². The Hall–Kier alpha value is -2.16. The molecule has 3 nitrogen and oxygen atoms in total. The Labute approximate surface area is 112 Å². The van der Waals surface area contributed by atoms with Gasteiger partial charge >= 0.3 is 0 Å². The van der Waals surface area contributed by atoms with Crippen LogP contribution in [0.1, 0.15) is 25.0 Å². The van der Waals surface area contributed by atoms with Crippen molar-refractivity contribution in [1.82, 2.24) is 0 Å². The van der Waals surface area contributed by atoms with Gasteiger partial charge < -0.3 is 15.3 Å². The van der Waals surface area contributed by atoms with Gasteiger partial charge in [0.05, 0.1) is 0 Å². The number of aryl methyl sites for hydroxylation is 2. The van der Waals surface area contributed by atoms with Crippen LogP contribution in [-0.2, 0) is 12.8 Å². The zero-order chi connectivity index (χ0) is 14.0. The van der Waals surface area contributed by atoms with Crippen molar-refractivity contribution in [3.05, 3.63) is 41.5 Å². The second kappa shape index (κ2) is 5.22. The van der Waals surface area contributed by atoms with Crippen LogP contribution in [0.3, 0.4) is 0 Å². The van der Waals surface area contributed by atoms with E-state index in [0.717, 1.165) is 29.5 Å². The third kappa shape index (κ3) is 2.50. The van der Waals surface area contributed by atoms with Gasteiger partial charge in [-0.3, -0.25) is 0 Å². The van der Waals surface area contributed by atoms with Gasteiger partial charge in [-0.1, -0.05) is 13.8 Å². The van der Waals surface area contributed by atoms with Crippen LogP contribution in [0.25, 0.3) is 11.1 Å². The number of hydrogen-bond acceptors (Lipinski definition) is 3. The molecule has 0 atom stereocenters. The summed E-state index contributed by atoms with van der Waals surface area (Å²) < 4.78 is 0. The molecule has 100 valence electrons. The minimum absolute atomic E-state index is 0.116. The molecule has 0 aliphatic heterocycles. The summed E-state index contributed by atoms with van der Waals surface area (Å²) in [5.41, 5.74) is 3.42. The predicted molar refractivity (Wildman–Crippen MR) is 75.6 cm³/mol. The van der Waals surface area contributed by atoms with Crippen molar-refractivity contribution in [3.8, 4) is 28.4 Å². The molecular weight excluding hydrogens is 240 g/mol. The van der Waals surface area contributed by atoms with E-state index in [0.29, 0.717) is 5.56 Å². The molecule has 0 aromatic heterocycles. The molecule has 0 radical (unpaired) electrons. The first kappa shape index (κ1) is 13.3. The molecule has 0 aliphatic carbocycles. The topological polar surface area (TPSA) is 60.7 Å². The van der Waals surface area contributed by atoms with Gasteiger partial charge in [0.25, 0.3) is 0 Å². The van der Waals surface area contributed by atoms with E-state index in [2.05, 4.69) is 0 Å². The highest BCUT2D eigenvalue weighted by molar-refractivity contribution is 5.78. The highest BCUT2D eigenvalue weighted by atomic mass is 16.3. The van der Waals surface area contributed by atoms with E-state index in [4.69, 9.17) is 0 Å². The summed E-state index contributed by atoms with van der Waals surface area (Å²) in [5, 5.41) is 29.4. The van der Waals surface area contributed by atoms with Crippen molar-refractivity contribution in [1.29, 1.82) is 0 Å². The molecule has 0 unspecified atom stereocenters. The predicted octanol–water partition coefficient (Wildman–Crippen LogP) is 3.60. The molecule has 2 rings (SSSR count). The highest BCUT2D eigenvalue weighted by Gasteiger charge is 2.14. The molecule has 2 aromatic carbocycles. The van der Waals surface area contributed by atoms with Crippen LogP contribution in [0.5, 0.6) is 17.2 Å². The maximum absolute atomic E-state index is 10.0. The first-order chi connectivity index (χ1) is 9.06. The van der Waals surface area contributed by atoms with Gasteiger partial charge in [-0.2, -0.15) is 0 Å². The average Bonchev–Trinajstić information content (AvgIpc) is 2.40. The zero-order valence-corrected chi connectivity index (χ0v) is 11.1. The average molecular weight is 258 g/mol. The lowest BCUT2D eigenvalue weighted by Gasteiger charge is -2.15. The van der Waals surface area contributed by atoms with E-state index in [1.165, 1.54) is 12.1 Å². The highest BCUT2D eigenvalue weighted by Crippen LogP contribution is 2.38. The maximum Gasteiger partial charge on any atom is 0.123 e. The first-order valence-electron chi connectivity index (χ1n) is 6.43. The standard InChI is InChI=1S/C16H18O3/c1-3-10-7-13(18)8-11(4-2)16(10)14-9-12(17)5-6-15(14)19/h5-9,17-19H,3-4H2,1-2H3. The summed E-state index contributed by atoms with van der Waals surface area (Å²) in [6.07, 6.45) is 1.48. The van der Waals surface area contributed by atoms with Crippen LogP contribution in [0.4, 0.5) is 0 Å². The Kier molecular flexibility index (Phi) is 3.65. The molecule has 0 amide bonds. The Morgan fingerprint density at radius 2 is 1.37 bits per heavy atom. The molecule has 0 spiro atoms. The van der Waals surface area contributed by atoms with Crippen molar-refractivity contribution in [2.75, 3.05) is 0 Å². The summed E-state index contributed by atoms with van der Waals surface area (Å²) >= 11 is 0. The lowest BCUT2D eigenvalue weighted by molar-refractivity contribution is 0.461. The van der Waals surface area contributed by atoms with Crippen molar-refractivity contribution in [3.63, 3.8) is 0 Å². The third-order valence-corrected chi connectivity index (χ3v) is 3.30. The van der Waals surface area contributed by atoms with Gasteiger partial charge in [0, 0.05) is 5.56 Å². The van der Waals surface area contributed by atoms with Gasteiger partial charge in [-0.25, -0.2) is 0 Å². The Balaban J connectivity index is 2.76. The van der Waals surface area contributed by atoms with E-state index in [1.807, 2.05) is 13.8 Å². The quantitative estimate of drug-likeness (QED) is 0.737. The molecule has 3 heteroatoms. The molecule has 0 heterocycles. The van der Waals surface area contributed by atoms with Crippen LogP contribution in [-0.4, -0.2) is 15.3 Å². The molecule has 2 aromatic rings. The van der Waals surface area contributed by atoms with E-state index in [9.17, 15) is 15.3 Å². The van der Waals surface area contributed by atoms with Crippen LogP contribution in [0.15, 0.2) is 30.3 Å². The smallest absolute Gasteiger partial charge is 0.123 e. The van der Waals surface area contributed by atoms with Gasteiger partial charge in [0.2, 0.25) is 0 Å². The molecule has 19 heavy (non-hydrogen) atoms. The maximum atomic E-state index is 10.0. The van der Waals surface area contributed by atoms with Crippen LogP contribution >= 0.6 is 0 Å². The van der Waals surface area contributed by atoms with Gasteiger partial charge in [-0.05, 0) is 59.9 Å². The van der Waals surface area contributed by atoms with E-state index < -0.39 is 0 Å². The largest absolute Gasteiger partial charge is 0.508 e. The molecule has 0 aliphatic rings. The second-order valence-electron chi connectivity index (χ2n) is 4.55. The van der Waals surface area contributed by atoms with Crippen LogP contribution in [0, 0.1) is 0 Å². The SMILES string of the molecule is CCc1cc(O)cc(CC)c1-c1cc(O)ccc1O. The zero-order valence-electron chi connectivity index (χ0n) is 11.1. The number of aromatic hydroxyl groups is 3. The lowest BCUT2D eigenvalue weighted by atomic mass is 9.91. The summed E-state index contributed by atoms with van der Waals surface area (Å²) in [7, 11) is 0. The normalized spacial score (nSPS) is 10.6. The van der Waals surface area contributed by atoms with E-state index >= 15 is 0 Å². The van der Waals surface area contributed by atoms with Gasteiger partial charge in [-0.15, -0.1) is 0 Å². The van der Waals surface area contributed by atoms with Crippen molar-refractivity contribution in [2.45, 2.75) is 26.7 Å². The van der Waals surface area contributed by atoms with E-state index in [-0.39, 0.29) is 17.2 Å². The number of rotatable bonds is 3. The second-order valence-corrected chi connectivity index (χ2v) is 4.55. The molecule has 0 fully saturated rings. The number of hydrogen-bond donors (Lipinski definition) is 3. The third-order valence-electron chi connectivity index (χ3n) is 3.30. The van der Waals surface area contributed by atoms with Gasteiger partial charge in [0.15, 0.2) is 0 Å². The molecule has 0 saturated carbocycles. The minimum atomic E-state index is 0.116. The fourth-order valence-corrected chi connectivity index (χ4v) is 2.38. The fraction of sp³-hybridized carbons (Fsp3) is 0.250. The van der Waals surface area contributed by atoms with Crippen molar-refractivity contribution in [2.24, 2.45) is 0 Å². The molecule has 3 N–H and O–H groups in total. The number of phenolic OH excluding ortho intramolecular Hbond substituents is 3. The van der Waals surface area contributed by atoms with Crippen LogP contribution in [0.2, 0.25) is 0 Å². The van der Waals surface area contributed by atoms with Crippen molar-refractivity contribution < 1.29 is 15.3 Å². The Morgan fingerprint density at radius 3 is 1.89 bits per heavy atom. The number of benzene rings is 2. The molecule has 0 bridgehead atoms. The summed E-state index contributed by atoms with van der Waals surface area (Å²) in [4.78, 5) is 0. The van der Waals surface area contributed by atoms with E-state index in [1.54, 1.807) is 18.2 Å². The summed E-state index contributed by atoms with van der Waals surface area (Å²) in [6.45, 7) is 4.00.